The minimum absolute atomic E-state index is 0.388. The molecule has 0 aromatic heterocycles. The van der Waals surface area contributed by atoms with Gasteiger partial charge in [-0.15, -0.1) is 6.42 Å². The minimum Gasteiger partial charge on any atom is -0.479 e. The van der Waals surface area contributed by atoms with Gasteiger partial charge in [-0.25, -0.2) is 9.59 Å². The molecule has 0 bridgehead atoms. The third kappa shape index (κ3) is 4.65. The molecule has 1 atom stereocenters. The second kappa shape index (κ2) is 6.11. The molecule has 1 aromatic carbocycles. The van der Waals surface area contributed by atoms with Crippen molar-refractivity contribution in [1.82, 2.24) is 5.32 Å². The van der Waals surface area contributed by atoms with Gasteiger partial charge in [0.1, 0.15) is 5.60 Å². The molecule has 1 rings (SSSR count). The van der Waals surface area contributed by atoms with Crippen molar-refractivity contribution in [3.8, 4) is 12.3 Å². The predicted octanol–water partition coefficient (Wildman–Crippen LogP) is 2.32. The first kappa shape index (κ1) is 15.6. The molecule has 0 spiro atoms. The molecule has 0 aliphatic heterocycles. The van der Waals surface area contributed by atoms with Crippen molar-refractivity contribution in [2.24, 2.45) is 0 Å². The molecular weight excluding hydrogens is 258 g/mol. The van der Waals surface area contributed by atoms with E-state index < -0.39 is 23.7 Å². The molecule has 0 saturated heterocycles. The average Bonchev–Trinajstić information content (AvgIpc) is 2.33. The maximum atomic E-state index is 11.7. The van der Waals surface area contributed by atoms with Crippen LogP contribution in [-0.2, 0) is 9.53 Å². The maximum Gasteiger partial charge on any atom is 0.408 e. The third-order valence-corrected chi connectivity index (χ3v) is 2.29. The molecule has 0 aliphatic rings. The number of terminal acetylenes is 1. The molecule has 0 unspecified atom stereocenters. The van der Waals surface area contributed by atoms with E-state index in [4.69, 9.17) is 11.2 Å². The third-order valence-electron chi connectivity index (χ3n) is 2.29. The Balaban J connectivity index is 2.93. The van der Waals surface area contributed by atoms with Gasteiger partial charge in [-0.1, -0.05) is 18.1 Å². The molecule has 0 heterocycles. The number of aliphatic carboxylic acids is 1. The fraction of sp³-hybridized carbons (Fsp3) is 0.333. The Labute approximate surface area is 117 Å². The molecule has 0 saturated carbocycles. The number of carboxylic acid groups (broad SMARTS) is 1. The fourth-order valence-corrected chi connectivity index (χ4v) is 1.52. The van der Waals surface area contributed by atoms with Crippen LogP contribution in [0.2, 0.25) is 0 Å². The number of hydrogen-bond donors (Lipinski definition) is 2. The van der Waals surface area contributed by atoms with Crippen molar-refractivity contribution < 1.29 is 19.4 Å². The highest BCUT2D eigenvalue weighted by Crippen LogP contribution is 2.16. The summed E-state index contributed by atoms with van der Waals surface area (Å²) in [6, 6.07) is 5.22. The molecule has 106 valence electrons. The van der Waals surface area contributed by atoms with Gasteiger partial charge in [0.05, 0.1) is 0 Å². The van der Waals surface area contributed by atoms with Gasteiger partial charge >= 0.3 is 12.1 Å². The smallest absolute Gasteiger partial charge is 0.408 e. The van der Waals surface area contributed by atoms with E-state index in [-0.39, 0.29) is 0 Å². The summed E-state index contributed by atoms with van der Waals surface area (Å²) in [7, 11) is 0. The van der Waals surface area contributed by atoms with Crippen molar-refractivity contribution in [1.29, 1.82) is 0 Å². The molecule has 2 N–H and O–H groups in total. The number of alkyl carbamates (subject to hydrolysis) is 1. The Morgan fingerprint density at radius 1 is 1.40 bits per heavy atom. The molecule has 5 heteroatoms. The Morgan fingerprint density at radius 2 is 2.05 bits per heavy atom. The Morgan fingerprint density at radius 3 is 2.55 bits per heavy atom. The molecule has 1 aromatic rings. The lowest BCUT2D eigenvalue weighted by atomic mass is 10.0. The normalized spacial score (nSPS) is 12.1. The lowest BCUT2D eigenvalue weighted by Crippen LogP contribution is -2.38. The number of rotatable bonds is 3. The number of carbonyl (C=O) groups excluding carboxylic acids is 1. The largest absolute Gasteiger partial charge is 0.479 e. The number of benzene rings is 1. The molecule has 5 nitrogen and oxygen atoms in total. The van der Waals surface area contributed by atoms with E-state index >= 15 is 0 Å². The number of nitrogens with one attached hydrogen (secondary N) is 1. The zero-order chi connectivity index (χ0) is 15.3. The highest BCUT2D eigenvalue weighted by molar-refractivity contribution is 5.81. The van der Waals surface area contributed by atoms with Crippen molar-refractivity contribution >= 4 is 12.1 Å². The van der Waals surface area contributed by atoms with Crippen molar-refractivity contribution in [3.05, 3.63) is 35.4 Å². The number of amides is 1. The van der Waals surface area contributed by atoms with Crippen molar-refractivity contribution in [2.45, 2.75) is 32.4 Å². The van der Waals surface area contributed by atoms with Crippen LogP contribution >= 0.6 is 0 Å². The van der Waals surface area contributed by atoms with Gasteiger partial charge < -0.3 is 15.2 Å². The summed E-state index contributed by atoms with van der Waals surface area (Å²) in [5.41, 5.74) is 0.229. The van der Waals surface area contributed by atoms with Crippen LogP contribution in [0.25, 0.3) is 0 Å². The second-order valence-electron chi connectivity index (χ2n) is 5.19. The van der Waals surface area contributed by atoms with E-state index in [1.54, 1.807) is 39.0 Å². The van der Waals surface area contributed by atoms with Gasteiger partial charge in [0.25, 0.3) is 0 Å². The Kier molecular flexibility index (Phi) is 4.76. The molecule has 0 radical (unpaired) electrons. The number of carbonyl (C=O) groups is 2. The van der Waals surface area contributed by atoms with E-state index in [2.05, 4.69) is 11.2 Å². The maximum absolute atomic E-state index is 11.7. The van der Waals surface area contributed by atoms with Gasteiger partial charge in [-0.05, 0) is 38.5 Å². The fourth-order valence-electron chi connectivity index (χ4n) is 1.52. The second-order valence-corrected chi connectivity index (χ2v) is 5.19. The summed E-state index contributed by atoms with van der Waals surface area (Å²) in [5.74, 6) is 1.23. The summed E-state index contributed by atoms with van der Waals surface area (Å²) in [4.78, 5) is 22.9. The van der Waals surface area contributed by atoms with Gasteiger partial charge in [0.15, 0.2) is 6.04 Å². The van der Waals surface area contributed by atoms with E-state index in [1.165, 1.54) is 6.07 Å². The standard InChI is InChI=1S/C15H17NO4/c1-5-10-7-6-8-11(9-10)12(13(17)18)16-14(19)20-15(2,3)4/h1,6-9,12H,2-4H3,(H,16,19)(H,17,18)/t12-/m1/s1. The van der Waals surface area contributed by atoms with Gasteiger partial charge in [-0.3, -0.25) is 0 Å². The first-order chi connectivity index (χ1) is 9.23. The van der Waals surface area contributed by atoms with Crippen molar-refractivity contribution in [2.75, 3.05) is 0 Å². The summed E-state index contributed by atoms with van der Waals surface area (Å²) < 4.78 is 5.04. The number of ether oxygens (including phenoxy) is 1. The van der Waals surface area contributed by atoms with Crippen LogP contribution in [-0.4, -0.2) is 22.8 Å². The predicted molar refractivity (Wildman–Crippen MR) is 74.1 cm³/mol. The van der Waals surface area contributed by atoms with E-state index in [1.807, 2.05) is 0 Å². The lowest BCUT2D eigenvalue weighted by molar-refractivity contribution is -0.139. The minimum atomic E-state index is -1.21. The van der Waals surface area contributed by atoms with Crippen LogP contribution in [0.1, 0.15) is 37.9 Å². The Hall–Kier alpha value is -2.48. The highest BCUT2D eigenvalue weighted by Gasteiger charge is 2.25. The zero-order valence-electron chi connectivity index (χ0n) is 11.6. The van der Waals surface area contributed by atoms with Gasteiger partial charge in [-0.2, -0.15) is 0 Å². The molecular formula is C15H17NO4. The topological polar surface area (TPSA) is 75.6 Å². The average molecular weight is 275 g/mol. The molecule has 20 heavy (non-hydrogen) atoms. The van der Waals surface area contributed by atoms with Crippen LogP contribution in [0.15, 0.2) is 24.3 Å². The highest BCUT2D eigenvalue weighted by atomic mass is 16.6. The SMILES string of the molecule is C#Cc1cccc([C@@H](NC(=O)OC(C)(C)C)C(=O)O)c1. The van der Waals surface area contributed by atoms with E-state index in [0.29, 0.717) is 11.1 Å². The van der Waals surface area contributed by atoms with Gasteiger partial charge in [0.2, 0.25) is 0 Å². The first-order valence-electron chi connectivity index (χ1n) is 6.02. The Bertz CT molecular complexity index is 552. The van der Waals surface area contributed by atoms with Crippen LogP contribution in [0.4, 0.5) is 4.79 Å². The molecule has 0 aliphatic carbocycles. The van der Waals surface area contributed by atoms with E-state index in [0.717, 1.165) is 0 Å². The summed E-state index contributed by atoms with van der Waals surface area (Å²) in [6.07, 6.45) is 4.47. The number of carboxylic acids is 1. The first-order valence-corrected chi connectivity index (χ1v) is 6.02. The molecule has 1 amide bonds. The quantitative estimate of drug-likeness (QED) is 0.830. The lowest BCUT2D eigenvalue weighted by Gasteiger charge is -2.22. The monoisotopic (exact) mass is 275 g/mol. The van der Waals surface area contributed by atoms with Crippen LogP contribution in [0.5, 0.6) is 0 Å². The van der Waals surface area contributed by atoms with Gasteiger partial charge in [0, 0.05) is 5.56 Å². The van der Waals surface area contributed by atoms with Crippen LogP contribution in [0, 0.1) is 12.3 Å². The summed E-state index contributed by atoms with van der Waals surface area (Å²) in [5, 5.41) is 11.5. The molecule has 0 fully saturated rings. The van der Waals surface area contributed by atoms with Crippen LogP contribution in [0.3, 0.4) is 0 Å². The number of hydrogen-bond acceptors (Lipinski definition) is 3. The zero-order valence-corrected chi connectivity index (χ0v) is 11.6. The summed E-state index contributed by atoms with van der Waals surface area (Å²) in [6.45, 7) is 5.09. The van der Waals surface area contributed by atoms with Crippen LogP contribution < -0.4 is 5.32 Å². The summed E-state index contributed by atoms with van der Waals surface area (Å²) >= 11 is 0. The van der Waals surface area contributed by atoms with E-state index in [9.17, 15) is 14.7 Å². The van der Waals surface area contributed by atoms with Crippen molar-refractivity contribution in [3.63, 3.8) is 0 Å².